The van der Waals surface area contributed by atoms with E-state index in [0.717, 1.165) is 25.9 Å². The van der Waals surface area contributed by atoms with Gasteiger partial charge >= 0.3 is 0 Å². The molecule has 3 heteroatoms. The molecule has 2 unspecified atom stereocenters. The molecule has 1 amide bonds. The van der Waals surface area contributed by atoms with Crippen molar-refractivity contribution >= 4 is 5.91 Å². The molecule has 0 radical (unpaired) electrons. The first-order valence-electron chi connectivity index (χ1n) is 13.0. The SMILES string of the molecule is CCCCCCCCCCCNC(=O)C(C)CC.CCCN(C)C(C)c1ccccc1. The quantitative estimate of drug-likeness (QED) is 0.271. The summed E-state index contributed by atoms with van der Waals surface area (Å²) in [4.78, 5) is 13.9. The van der Waals surface area contributed by atoms with Crippen LogP contribution in [-0.2, 0) is 4.79 Å². The molecule has 180 valence electrons. The fraction of sp³-hybridized carbons (Fsp3) is 0.750. The largest absolute Gasteiger partial charge is 0.356 e. The number of amides is 1. The van der Waals surface area contributed by atoms with Crippen LogP contribution in [0.25, 0.3) is 0 Å². The number of rotatable bonds is 16. The molecule has 0 aliphatic carbocycles. The summed E-state index contributed by atoms with van der Waals surface area (Å²) in [5, 5.41) is 3.01. The molecule has 2 atom stereocenters. The minimum Gasteiger partial charge on any atom is -0.356 e. The normalized spacial score (nSPS) is 12.7. The number of unbranched alkanes of at least 4 members (excludes halogenated alkanes) is 8. The number of nitrogens with zero attached hydrogens (tertiary/aromatic N) is 1. The van der Waals surface area contributed by atoms with E-state index in [9.17, 15) is 4.79 Å². The maximum Gasteiger partial charge on any atom is 0.222 e. The van der Waals surface area contributed by atoms with Gasteiger partial charge in [0, 0.05) is 18.5 Å². The summed E-state index contributed by atoms with van der Waals surface area (Å²) in [5.74, 6) is 0.389. The standard InChI is InChI=1S/C16H33NO.C12H19N/c1-4-6-7-8-9-10-11-12-13-14-17-16(18)15(3)5-2;1-4-10-13(3)11(2)12-8-6-5-7-9-12/h15H,4-14H2,1-3H3,(H,17,18);5-9,11H,4,10H2,1-3H3. The first-order valence-corrected chi connectivity index (χ1v) is 13.0. The van der Waals surface area contributed by atoms with E-state index in [0.29, 0.717) is 6.04 Å². The van der Waals surface area contributed by atoms with Crippen molar-refractivity contribution in [3.8, 4) is 0 Å². The summed E-state index contributed by atoms with van der Waals surface area (Å²) in [6, 6.07) is 11.2. The van der Waals surface area contributed by atoms with Crippen LogP contribution >= 0.6 is 0 Å². The van der Waals surface area contributed by atoms with Gasteiger partial charge in [-0.15, -0.1) is 0 Å². The minimum absolute atomic E-state index is 0.170. The molecule has 0 spiro atoms. The van der Waals surface area contributed by atoms with E-state index in [1.165, 1.54) is 63.4 Å². The lowest BCUT2D eigenvalue weighted by Crippen LogP contribution is -2.29. The van der Waals surface area contributed by atoms with E-state index >= 15 is 0 Å². The van der Waals surface area contributed by atoms with Gasteiger partial charge in [-0.3, -0.25) is 9.69 Å². The highest BCUT2D eigenvalue weighted by atomic mass is 16.1. The summed E-state index contributed by atoms with van der Waals surface area (Å²) >= 11 is 0. The molecule has 31 heavy (non-hydrogen) atoms. The zero-order valence-corrected chi connectivity index (χ0v) is 21.6. The third-order valence-corrected chi connectivity index (χ3v) is 6.16. The number of carbonyl (C=O) groups excluding carboxylic acids is 1. The minimum atomic E-state index is 0.170. The molecule has 0 heterocycles. The van der Waals surface area contributed by atoms with E-state index in [1.54, 1.807) is 0 Å². The molecule has 0 aromatic heterocycles. The molecule has 3 nitrogen and oxygen atoms in total. The van der Waals surface area contributed by atoms with Crippen LogP contribution in [0.15, 0.2) is 30.3 Å². The second kappa shape index (κ2) is 20.5. The molecule has 1 N–H and O–H groups in total. The Hall–Kier alpha value is -1.35. The molecule has 1 rings (SSSR count). The van der Waals surface area contributed by atoms with Crippen molar-refractivity contribution < 1.29 is 4.79 Å². The second-order valence-electron chi connectivity index (χ2n) is 9.00. The summed E-state index contributed by atoms with van der Waals surface area (Å²) in [6.45, 7) is 12.8. The number of nitrogens with one attached hydrogen (secondary N) is 1. The molecule has 0 fully saturated rings. The molecule has 0 saturated carbocycles. The highest BCUT2D eigenvalue weighted by molar-refractivity contribution is 5.78. The van der Waals surface area contributed by atoms with Crippen molar-refractivity contribution in [2.75, 3.05) is 20.1 Å². The summed E-state index contributed by atoms with van der Waals surface area (Å²) < 4.78 is 0. The first kappa shape index (κ1) is 29.7. The van der Waals surface area contributed by atoms with Crippen LogP contribution in [0.1, 0.15) is 117 Å². The van der Waals surface area contributed by atoms with E-state index in [-0.39, 0.29) is 11.8 Å². The summed E-state index contributed by atoms with van der Waals surface area (Å²) in [7, 11) is 2.18. The molecule has 0 aliphatic heterocycles. The Labute approximate surface area is 194 Å². The molecular formula is C28H52N2O. The van der Waals surface area contributed by atoms with E-state index in [2.05, 4.69) is 75.3 Å². The molecular weight excluding hydrogens is 380 g/mol. The Balaban J connectivity index is 0.000000609. The van der Waals surface area contributed by atoms with Crippen LogP contribution in [0.5, 0.6) is 0 Å². The summed E-state index contributed by atoms with van der Waals surface area (Å²) in [5.41, 5.74) is 1.40. The van der Waals surface area contributed by atoms with Crippen molar-refractivity contribution in [3.05, 3.63) is 35.9 Å². The number of carbonyl (C=O) groups is 1. The third kappa shape index (κ3) is 16.0. The second-order valence-corrected chi connectivity index (χ2v) is 9.00. The average molecular weight is 433 g/mol. The van der Waals surface area contributed by atoms with Crippen LogP contribution in [-0.4, -0.2) is 30.9 Å². The van der Waals surface area contributed by atoms with Crippen molar-refractivity contribution in [1.82, 2.24) is 10.2 Å². The first-order chi connectivity index (χ1) is 15.0. The predicted molar refractivity (Wildman–Crippen MR) is 137 cm³/mol. The zero-order valence-electron chi connectivity index (χ0n) is 21.6. The van der Waals surface area contributed by atoms with E-state index in [4.69, 9.17) is 0 Å². The average Bonchev–Trinajstić information content (AvgIpc) is 2.80. The van der Waals surface area contributed by atoms with Crippen molar-refractivity contribution in [2.45, 2.75) is 111 Å². The lowest BCUT2D eigenvalue weighted by molar-refractivity contribution is -0.124. The number of benzene rings is 1. The van der Waals surface area contributed by atoms with Gasteiger partial charge in [0.2, 0.25) is 5.91 Å². The van der Waals surface area contributed by atoms with Gasteiger partial charge in [-0.25, -0.2) is 0 Å². The van der Waals surface area contributed by atoms with Crippen LogP contribution < -0.4 is 5.32 Å². The summed E-state index contributed by atoms with van der Waals surface area (Å²) in [6.07, 6.45) is 14.1. The lowest BCUT2D eigenvalue weighted by atomic mass is 10.1. The number of hydrogen-bond acceptors (Lipinski definition) is 2. The molecule has 0 bridgehead atoms. The number of hydrogen-bond donors (Lipinski definition) is 1. The molecule has 0 saturated heterocycles. The maximum atomic E-state index is 11.5. The van der Waals surface area contributed by atoms with Gasteiger partial charge in [0.25, 0.3) is 0 Å². The lowest BCUT2D eigenvalue weighted by Gasteiger charge is -2.24. The van der Waals surface area contributed by atoms with Gasteiger partial charge < -0.3 is 5.32 Å². The smallest absolute Gasteiger partial charge is 0.222 e. The third-order valence-electron chi connectivity index (χ3n) is 6.16. The Morgan fingerprint density at radius 1 is 0.839 bits per heavy atom. The monoisotopic (exact) mass is 432 g/mol. The van der Waals surface area contributed by atoms with Gasteiger partial charge in [-0.2, -0.15) is 0 Å². The Kier molecular flexibility index (Phi) is 19.7. The van der Waals surface area contributed by atoms with Gasteiger partial charge in [0.15, 0.2) is 0 Å². The highest BCUT2D eigenvalue weighted by Crippen LogP contribution is 2.17. The topological polar surface area (TPSA) is 32.3 Å². The van der Waals surface area contributed by atoms with Gasteiger partial charge in [-0.1, -0.05) is 109 Å². The maximum absolute atomic E-state index is 11.5. The van der Waals surface area contributed by atoms with Crippen molar-refractivity contribution in [2.24, 2.45) is 5.92 Å². The molecule has 1 aromatic carbocycles. The molecule has 0 aliphatic rings. The van der Waals surface area contributed by atoms with Gasteiger partial charge in [0.05, 0.1) is 0 Å². The predicted octanol–water partition coefficient (Wildman–Crippen LogP) is 7.77. The highest BCUT2D eigenvalue weighted by Gasteiger charge is 2.09. The van der Waals surface area contributed by atoms with Gasteiger partial charge in [0.1, 0.15) is 0 Å². The van der Waals surface area contributed by atoms with E-state index < -0.39 is 0 Å². The fourth-order valence-corrected chi connectivity index (χ4v) is 3.54. The van der Waals surface area contributed by atoms with E-state index in [1.807, 2.05) is 6.92 Å². The van der Waals surface area contributed by atoms with Crippen LogP contribution in [0.3, 0.4) is 0 Å². The van der Waals surface area contributed by atoms with Crippen LogP contribution in [0.4, 0.5) is 0 Å². The van der Waals surface area contributed by atoms with Gasteiger partial charge in [-0.05, 0) is 45.3 Å². The van der Waals surface area contributed by atoms with Crippen LogP contribution in [0.2, 0.25) is 0 Å². The Morgan fingerprint density at radius 2 is 1.39 bits per heavy atom. The molecule has 1 aromatic rings. The van der Waals surface area contributed by atoms with Crippen molar-refractivity contribution in [3.63, 3.8) is 0 Å². The zero-order chi connectivity index (χ0) is 23.3. The van der Waals surface area contributed by atoms with Crippen molar-refractivity contribution in [1.29, 1.82) is 0 Å². The Morgan fingerprint density at radius 3 is 1.90 bits per heavy atom. The van der Waals surface area contributed by atoms with Crippen LogP contribution in [0, 0.1) is 5.92 Å². The Bertz CT molecular complexity index is 517. The fourth-order valence-electron chi connectivity index (χ4n) is 3.54.